The van der Waals surface area contributed by atoms with E-state index >= 15 is 0 Å². The summed E-state index contributed by atoms with van der Waals surface area (Å²) in [5.74, 6) is -0.259. The molecule has 1 aliphatic rings. The third kappa shape index (κ3) is 1.55. The molecule has 0 fully saturated rings. The van der Waals surface area contributed by atoms with Gasteiger partial charge in [0.25, 0.3) is 0 Å². The van der Waals surface area contributed by atoms with E-state index in [1.54, 1.807) is 23.6 Å². The standard InChI is InChI=1S/C13H12O3S2/c1-9-2-4-10(5-3-9)13(14)8-18(15,16)11-6-7-17-12(11)13/h2-7,14H,8H2,1H3. The molecule has 1 N–H and O–H groups in total. The van der Waals surface area contributed by atoms with Crippen molar-refractivity contribution in [1.29, 1.82) is 0 Å². The Bertz CT molecular complexity index is 698. The molecule has 1 aromatic carbocycles. The molecule has 0 aliphatic carbocycles. The van der Waals surface area contributed by atoms with Crippen LogP contribution in [0.5, 0.6) is 0 Å². The average molecular weight is 280 g/mol. The SMILES string of the molecule is Cc1ccc(C2(O)CS(=O)(=O)c3ccsc32)cc1. The van der Waals surface area contributed by atoms with E-state index < -0.39 is 15.4 Å². The molecule has 0 spiro atoms. The van der Waals surface area contributed by atoms with Crippen LogP contribution in [0.2, 0.25) is 0 Å². The van der Waals surface area contributed by atoms with Gasteiger partial charge >= 0.3 is 0 Å². The molecule has 0 saturated heterocycles. The lowest BCUT2D eigenvalue weighted by Crippen LogP contribution is -2.28. The van der Waals surface area contributed by atoms with Crippen LogP contribution >= 0.6 is 11.3 Å². The number of hydrogen-bond donors (Lipinski definition) is 1. The number of aryl methyl sites for hydroxylation is 1. The van der Waals surface area contributed by atoms with E-state index in [0.717, 1.165) is 5.56 Å². The number of rotatable bonds is 1. The molecule has 94 valence electrons. The van der Waals surface area contributed by atoms with Gasteiger partial charge in [0.1, 0.15) is 5.60 Å². The van der Waals surface area contributed by atoms with Crippen molar-refractivity contribution in [3.63, 3.8) is 0 Å². The van der Waals surface area contributed by atoms with Crippen LogP contribution in [-0.4, -0.2) is 19.3 Å². The highest BCUT2D eigenvalue weighted by Crippen LogP contribution is 2.45. The Morgan fingerprint density at radius 2 is 1.89 bits per heavy atom. The van der Waals surface area contributed by atoms with Gasteiger partial charge in [-0.3, -0.25) is 0 Å². The van der Waals surface area contributed by atoms with Crippen LogP contribution in [0.1, 0.15) is 16.0 Å². The molecule has 0 bridgehead atoms. The Balaban J connectivity index is 2.22. The van der Waals surface area contributed by atoms with Crippen molar-refractivity contribution in [2.24, 2.45) is 0 Å². The predicted octanol–water partition coefficient (Wildman–Crippen LogP) is 2.08. The van der Waals surface area contributed by atoms with Crippen LogP contribution < -0.4 is 0 Å². The van der Waals surface area contributed by atoms with Crippen LogP contribution in [0.25, 0.3) is 0 Å². The van der Waals surface area contributed by atoms with E-state index in [2.05, 4.69) is 0 Å². The summed E-state index contributed by atoms with van der Waals surface area (Å²) in [7, 11) is -3.37. The summed E-state index contributed by atoms with van der Waals surface area (Å²) < 4.78 is 24.0. The summed E-state index contributed by atoms with van der Waals surface area (Å²) in [5.41, 5.74) is 0.322. The quantitative estimate of drug-likeness (QED) is 0.870. The lowest BCUT2D eigenvalue weighted by Gasteiger charge is -2.21. The van der Waals surface area contributed by atoms with Crippen molar-refractivity contribution in [1.82, 2.24) is 0 Å². The molecule has 1 aliphatic heterocycles. The Kier molecular flexibility index (Phi) is 2.42. The zero-order valence-electron chi connectivity index (χ0n) is 9.75. The van der Waals surface area contributed by atoms with Crippen LogP contribution in [0, 0.1) is 6.92 Å². The summed E-state index contributed by atoms with van der Waals surface area (Å²) >= 11 is 1.29. The average Bonchev–Trinajstić information content (AvgIpc) is 2.84. The lowest BCUT2D eigenvalue weighted by atomic mass is 9.94. The van der Waals surface area contributed by atoms with E-state index in [9.17, 15) is 13.5 Å². The highest BCUT2D eigenvalue weighted by atomic mass is 32.2. The third-order valence-electron chi connectivity index (χ3n) is 3.27. The predicted molar refractivity (Wildman–Crippen MR) is 70.5 cm³/mol. The summed E-state index contributed by atoms with van der Waals surface area (Å²) in [6, 6.07) is 8.91. The first-order valence-electron chi connectivity index (χ1n) is 5.54. The molecule has 2 heterocycles. The van der Waals surface area contributed by atoms with Crippen LogP contribution in [0.3, 0.4) is 0 Å². The third-order valence-corrected chi connectivity index (χ3v) is 6.27. The lowest BCUT2D eigenvalue weighted by molar-refractivity contribution is 0.112. The topological polar surface area (TPSA) is 54.4 Å². The number of hydrogen-bond acceptors (Lipinski definition) is 4. The summed E-state index contributed by atoms with van der Waals surface area (Å²) in [6.45, 7) is 1.95. The first-order chi connectivity index (χ1) is 8.43. The van der Waals surface area contributed by atoms with Crippen LogP contribution in [0.4, 0.5) is 0 Å². The largest absolute Gasteiger partial charge is 0.378 e. The molecule has 2 aromatic rings. The van der Waals surface area contributed by atoms with E-state index in [-0.39, 0.29) is 10.6 Å². The van der Waals surface area contributed by atoms with E-state index in [0.29, 0.717) is 10.4 Å². The molecule has 3 nitrogen and oxygen atoms in total. The van der Waals surface area contributed by atoms with Gasteiger partial charge in [0, 0.05) is 0 Å². The normalized spacial score (nSPS) is 25.0. The van der Waals surface area contributed by atoms with Gasteiger partial charge in [-0.15, -0.1) is 11.3 Å². The van der Waals surface area contributed by atoms with Crippen molar-refractivity contribution in [3.8, 4) is 0 Å². The molecule has 0 radical (unpaired) electrons. The number of sulfone groups is 1. The van der Waals surface area contributed by atoms with Gasteiger partial charge in [0.2, 0.25) is 0 Å². The number of thiophene rings is 1. The van der Waals surface area contributed by atoms with Crippen molar-refractivity contribution < 1.29 is 13.5 Å². The van der Waals surface area contributed by atoms with Gasteiger partial charge in [-0.05, 0) is 23.9 Å². The van der Waals surface area contributed by atoms with Crippen molar-refractivity contribution >= 4 is 21.2 Å². The van der Waals surface area contributed by atoms with Gasteiger partial charge in [0.05, 0.1) is 15.5 Å². The van der Waals surface area contributed by atoms with E-state index in [1.165, 1.54) is 11.3 Å². The fourth-order valence-corrected chi connectivity index (χ4v) is 5.66. The molecule has 1 atom stereocenters. The highest BCUT2D eigenvalue weighted by Gasteiger charge is 2.48. The first-order valence-corrected chi connectivity index (χ1v) is 8.07. The smallest absolute Gasteiger partial charge is 0.183 e. The summed E-state index contributed by atoms with van der Waals surface area (Å²) in [4.78, 5) is 0.807. The maximum absolute atomic E-state index is 12.0. The van der Waals surface area contributed by atoms with Gasteiger partial charge in [0.15, 0.2) is 9.84 Å². The molecular weight excluding hydrogens is 268 g/mol. The van der Waals surface area contributed by atoms with E-state index in [1.807, 2.05) is 19.1 Å². The zero-order valence-corrected chi connectivity index (χ0v) is 11.4. The van der Waals surface area contributed by atoms with Crippen LogP contribution in [0.15, 0.2) is 40.6 Å². The van der Waals surface area contributed by atoms with Gasteiger partial charge in [-0.1, -0.05) is 29.8 Å². The van der Waals surface area contributed by atoms with Gasteiger partial charge in [-0.2, -0.15) is 0 Å². The highest BCUT2D eigenvalue weighted by molar-refractivity contribution is 7.92. The minimum atomic E-state index is -3.37. The molecule has 1 unspecified atom stereocenters. The van der Waals surface area contributed by atoms with Crippen LogP contribution in [-0.2, 0) is 15.4 Å². The molecule has 0 saturated carbocycles. The molecule has 18 heavy (non-hydrogen) atoms. The molecular formula is C13H12O3S2. The first kappa shape index (κ1) is 11.9. The van der Waals surface area contributed by atoms with Gasteiger partial charge < -0.3 is 5.11 Å². The Morgan fingerprint density at radius 1 is 1.22 bits per heavy atom. The minimum Gasteiger partial charge on any atom is -0.378 e. The molecule has 5 heteroatoms. The summed E-state index contributed by atoms with van der Waals surface area (Å²) in [6.07, 6.45) is 0. The van der Waals surface area contributed by atoms with Crippen molar-refractivity contribution in [2.45, 2.75) is 17.4 Å². The maximum atomic E-state index is 12.0. The second-order valence-corrected chi connectivity index (χ2v) is 7.47. The second-order valence-electron chi connectivity index (χ2n) is 4.60. The minimum absolute atomic E-state index is 0.259. The molecule has 1 aromatic heterocycles. The fraction of sp³-hybridized carbons (Fsp3) is 0.231. The van der Waals surface area contributed by atoms with Gasteiger partial charge in [-0.25, -0.2) is 8.42 Å². The maximum Gasteiger partial charge on any atom is 0.183 e. The number of fused-ring (bicyclic) bond motifs is 1. The van der Waals surface area contributed by atoms with Crippen molar-refractivity contribution in [2.75, 3.05) is 5.75 Å². The Morgan fingerprint density at radius 3 is 2.56 bits per heavy atom. The monoisotopic (exact) mass is 280 g/mol. The molecule has 0 amide bonds. The fourth-order valence-electron chi connectivity index (χ4n) is 2.31. The van der Waals surface area contributed by atoms with Crippen molar-refractivity contribution in [3.05, 3.63) is 51.7 Å². The summed E-state index contributed by atoms with van der Waals surface area (Å²) in [5, 5.41) is 12.5. The molecule has 3 rings (SSSR count). The van der Waals surface area contributed by atoms with E-state index in [4.69, 9.17) is 0 Å². The zero-order chi connectivity index (χ0) is 13.0. The number of aliphatic hydroxyl groups is 1. The second kappa shape index (κ2) is 3.66. The number of benzene rings is 1. The Labute approximate surface area is 110 Å². The Hall–Kier alpha value is -1.17.